The van der Waals surface area contributed by atoms with E-state index in [1.165, 1.54) is 0 Å². The van der Waals surface area contributed by atoms with Gasteiger partial charge in [0, 0.05) is 31.6 Å². The molecule has 0 spiro atoms. The third kappa shape index (κ3) is 4.45. The molecule has 1 N–H and O–H groups in total. The first-order chi connectivity index (χ1) is 13.0. The van der Waals surface area contributed by atoms with Crippen LogP contribution in [0.3, 0.4) is 0 Å². The maximum Gasteiger partial charge on any atom is 0.321 e. The number of amides is 2. The van der Waals surface area contributed by atoms with Crippen LogP contribution in [-0.2, 0) is 13.0 Å². The highest BCUT2D eigenvalue weighted by Gasteiger charge is 2.23. The lowest BCUT2D eigenvalue weighted by atomic mass is 10.1. The fourth-order valence-corrected chi connectivity index (χ4v) is 3.10. The molecule has 1 unspecified atom stereocenters. The lowest BCUT2D eigenvalue weighted by Crippen LogP contribution is -2.31. The molecule has 0 aromatic heterocycles. The minimum Gasteiger partial charge on any atom is -0.497 e. The molecule has 2 aromatic carbocycles. The normalized spacial score (nSPS) is 14.9. The van der Waals surface area contributed by atoms with Gasteiger partial charge in [0.15, 0.2) is 0 Å². The minimum absolute atomic E-state index is 0.137. The van der Waals surface area contributed by atoms with E-state index in [2.05, 4.69) is 5.32 Å². The molecule has 1 aliphatic heterocycles. The summed E-state index contributed by atoms with van der Waals surface area (Å²) in [6.07, 6.45) is 0.985. The smallest absolute Gasteiger partial charge is 0.321 e. The van der Waals surface area contributed by atoms with Gasteiger partial charge in [-0.25, -0.2) is 4.79 Å². The third-order valence-corrected chi connectivity index (χ3v) is 4.47. The Morgan fingerprint density at radius 1 is 1.30 bits per heavy atom. The molecule has 2 aromatic rings. The Bertz CT molecular complexity index is 805. The molecule has 1 heterocycles. The molecule has 27 heavy (non-hydrogen) atoms. The van der Waals surface area contributed by atoms with E-state index in [9.17, 15) is 4.79 Å². The van der Waals surface area contributed by atoms with Gasteiger partial charge in [-0.3, -0.25) is 0 Å². The Balaban J connectivity index is 1.71. The van der Waals surface area contributed by atoms with Crippen LogP contribution in [0.2, 0.25) is 0 Å². The van der Waals surface area contributed by atoms with Gasteiger partial charge in [-0.1, -0.05) is 12.1 Å². The number of carbonyl (C=O) groups excluding carboxylic acids is 1. The van der Waals surface area contributed by atoms with Gasteiger partial charge in [-0.05, 0) is 37.6 Å². The molecule has 0 radical (unpaired) electrons. The van der Waals surface area contributed by atoms with Crippen LogP contribution >= 0.6 is 0 Å². The predicted molar refractivity (Wildman–Crippen MR) is 105 cm³/mol. The standard InChI is InChI=1S/C21H26N2O4/c1-5-26-20-11-16-10-14(2)27-19(16)12-18(20)22-21(24)23(3)13-15-6-8-17(25-4)9-7-15/h6-9,11-12,14H,5,10,13H2,1-4H3,(H,22,24). The van der Waals surface area contributed by atoms with Crippen LogP contribution in [0.1, 0.15) is 25.0 Å². The van der Waals surface area contributed by atoms with E-state index < -0.39 is 0 Å². The van der Waals surface area contributed by atoms with Crippen LogP contribution in [0.15, 0.2) is 36.4 Å². The molecule has 0 saturated heterocycles. The highest BCUT2D eigenvalue weighted by molar-refractivity contribution is 5.91. The van der Waals surface area contributed by atoms with Crippen molar-refractivity contribution < 1.29 is 19.0 Å². The van der Waals surface area contributed by atoms with E-state index in [1.807, 2.05) is 50.2 Å². The van der Waals surface area contributed by atoms with Gasteiger partial charge in [0.2, 0.25) is 0 Å². The van der Waals surface area contributed by atoms with Crippen molar-refractivity contribution in [2.24, 2.45) is 0 Å². The van der Waals surface area contributed by atoms with Gasteiger partial charge in [0.25, 0.3) is 0 Å². The Morgan fingerprint density at radius 3 is 2.70 bits per heavy atom. The van der Waals surface area contributed by atoms with Crippen LogP contribution in [0.4, 0.5) is 10.5 Å². The zero-order valence-corrected chi connectivity index (χ0v) is 16.2. The van der Waals surface area contributed by atoms with Crippen molar-refractivity contribution in [3.05, 3.63) is 47.5 Å². The number of fused-ring (bicyclic) bond motifs is 1. The average Bonchev–Trinajstić information content (AvgIpc) is 3.01. The highest BCUT2D eigenvalue weighted by atomic mass is 16.5. The van der Waals surface area contributed by atoms with Crippen molar-refractivity contribution in [2.75, 3.05) is 26.1 Å². The van der Waals surface area contributed by atoms with Crippen LogP contribution in [0, 0.1) is 0 Å². The lowest BCUT2D eigenvalue weighted by Gasteiger charge is -2.20. The predicted octanol–water partition coefficient (Wildman–Crippen LogP) is 4.08. The van der Waals surface area contributed by atoms with E-state index >= 15 is 0 Å². The van der Waals surface area contributed by atoms with Crippen molar-refractivity contribution >= 4 is 11.7 Å². The summed E-state index contributed by atoms with van der Waals surface area (Å²) in [5, 5.41) is 2.94. The molecule has 1 aliphatic rings. The number of anilines is 1. The fraction of sp³-hybridized carbons (Fsp3) is 0.381. The van der Waals surface area contributed by atoms with Crippen molar-refractivity contribution in [1.29, 1.82) is 0 Å². The second-order valence-electron chi connectivity index (χ2n) is 6.66. The first-order valence-electron chi connectivity index (χ1n) is 9.11. The van der Waals surface area contributed by atoms with Gasteiger partial charge in [-0.15, -0.1) is 0 Å². The number of methoxy groups -OCH3 is 1. The first-order valence-corrected chi connectivity index (χ1v) is 9.11. The summed E-state index contributed by atoms with van der Waals surface area (Å²) in [7, 11) is 3.39. The minimum atomic E-state index is -0.210. The van der Waals surface area contributed by atoms with Crippen LogP contribution < -0.4 is 19.5 Å². The fourth-order valence-electron chi connectivity index (χ4n) is 3.10. The lowest BCUT2D eigenvalue weighted by molar-refractivity contribution is 0.220. The van der Waals surface area contributed by atoms with Crippen LogP contribution in [-0.4, -0.2) is 37.8 Å². The summed E-state index contributed by atoms with van der Waals surface area (Å²) in [5.41, 5.74) is 2.75. The van der Waals surface area contributed by atoms with E-state index in [-0.39, 0.29) is 12.1 Å². The number of nitrogens with one attached hydrogen (secondary N) is 1. The molecule has 6 nitrogen and oxygen atoms in total. The number of hydrogen-bond donors (Lipinski definition) is 1. The van der Waals surface area contributed by atoms with Gasteiger partial charge in [0.05, 0.1) is 19.4 Å². The summed E-state index contributed by atoms with van der Waals surface area (Å²) in [6.45, 7) is 4.97. The Kier molecular flexibility index (Phi) is 5.74. The Hall–Kier alpha value is -2.89. The Labute approximate surface area is 160 Å². The topological polar surface area (TPSA) is 60.0 Å². The molecule has 144 valence electrons. The maximum atomic E-state index is 12.7. The average molecular weight is 370 g/mol. The van der Waals surface area contributed by atoms with Gasteiger partial charge < -0.3 is 24.4 Å². The molecular weight excluding hydrogens is 344 g/mol. The summed E-state index contributed by atoms with van der Waals surface area (Å²) in [5.74, 6) is 2.26. The molecule has 0 fully saturated rings. The van der Waals surface area contributed by atoms with Crippen LogP contribution in [0.5, 0.6) is 17.2 Å². The SMILES string of the molecule is CCOc1cc2c(cc1NC(=O)N(C)Cc1ccc(OC)cc1)OC(C)C2. The molecule has 3 rings (SSSR count). The van der Waals surface area contributed by atoms with Gasteiger partial charge in [-0.2, -0.15) is 0 Å². The quantitative estimate of drug-likeness (QED) is 0.832. The van der Waals surface area contributed by atoms with E-state index in [0.29, 0.717) is 24.6 Å². The number of nitrogens with zero attached hydrogens (tertiary/aromatic N) is 1. The molecule has 0 saturated carbocycles. The summed E-state index contributed by atoms with van der Waals surface area (Å²) in [4.78, 5) is 14.3. The zero-order valence-electron chi connectivity index (χ0n) is 16.2. The molecule has 0 bridgehead atoms. The second-order valence-corrected chi connectivity index (χ2v) is 6.66. The van der Waals surface area contributed by atoms with E-state index in [0.717, 1.165) is 29.0 Å². The number of ether oxygens (including phenoxy) is 3. The van der Waals surface area contributed by atoms with Crippen molar-refractivity contribution in [3.63, 3.8) is 0 Å². The van der Waals surface area contributed by atoms with Crippen molar-refractivity contribution in [2.45, 2.75) is 32.9 Å². The third-order valence-electron chi connectivity index (χ3n) is 4.47. The van der Waals surface area contributed by atoms with Crippen LogP contribution in [0.25, 0.3) is 0 Å². The molecule has 2 amide bonds. The van der Waals surface area contributed by atoms with E-state index in [4.69, 9.17) is 14.2 Å². The van der Waals surface area contributed by atoms with Gasteiger partial charge in [0.1, 0.15) is 23.4 Å². The van der Waals surface area contributed by atoms with Gasteiger partial charge >= 0.3 is 6.03 Å². The number of urea groups is 1. The number of benzene rings is 2. The zero-order chi connectivity index (χ0) is 19.4. The van der Waals surface area contributed by atoms with Crippen molar-refractivity contribution in [1.82, 2.24) is 4.90 Å². The first kappa shape index (κ1) is 18.9. The number of carbonyl (C=O) groups is 1. The second kappa shape index (κ2) is 8.20. The molecular formula is C21H26N2O4. The number of rotatable bonds is 6. The summed E-state index contributed by atoms with van der Waals surface area (Å²) >= 11 is 0. The van der Waals surface area contributed by atoms with E-state index in [1.54, 1.807) is 19.1 Å². The Morgan fingerprint density at radius 2 is 2.04 bits per heavy atom. The largest absolute Gasteiger partial charge is 0.497 e. The highest BCUT2D eigenvalue weighted by Crippen LogP contribution is 2.38. The maximum absolute atomic E-state index is 12.7. The summed E-state index contributed by atoms with van der Waals surface area (Å²) in [6, 6.07) is 11.3. The monoisotopic (exact) mass is 370 g/mol. The number of hydrogen-bond acceptors (Lipinski definition) is 4. The summed E-state index contributed by atoms with van der Waals surface area (Å²) < 4.78 is 16.7. The molecule has 6 heteroatoms. The molecule has 1 atom stereocenters. The molecule has 0 aliphatic carbocycles. The van der Waals surface area contributed by atoms with Crippen molar-refractivity contribution in [3.8, 4) is 17.2 Å².